The second kappa shape index (κ2) is 5.90. The van der Waals surface area contributed by atoms with Crippen LogP contribution in [0.4, 0.5) is 0 Å². The van der Waals surface area contributed by atoms with E-state index in [9.17, 15) is 0 Å². The van der Waals surface area contributed by atoms with E-state index in [2.05, 4.69) is 0 Å². The highest BCUT2D eigenvalue weighted by molar-refractivity contribution is 6.31. The highest BCUT2D eigenvalue weighted by Crippen LogP contribution is 2.22. The number of nitriles is 1. The molecule has 1 unspecified atom stereocenters. The van der Waals surface area contributed by atoms with Gasteiger partial charge in [0.2, 0.25) is 0 Å². The molecule has 1 saturated heterocycles. The van der Waals surface area contributed by atoms with Crippen LogP contribution in [0, 0.1) is 11.3 Å². The van der Waals surface area contributed by atoms with Crippen molar-refractivity contribution in [2.24, 2.45) is 0 Å². The minimum absolute atomic E-state index is 0.179. The molecule has 0 radical (unpaired) electrons. The van der Waals surface area contributed by atoms with Gasteiger partial charge in [0, 0.05) is 12.7 Å². The SMILES string of the molecule is N#Cc1ccc(OCC2CCCCO2)cc1Cl. The van der Waals surface area contributed by atoms with E-state index in [4.69, 9.17) is 26.3 Å². The Morgan fingerprint density at radius 1 is 1.47 bits per heavy atom. The van der Waals surface area contributed by atoms with Gasteiger partial charge in [0.1, 0.15) is 18.4 Å². The summed E-state index contributed by atoms with van der Waals surface area (Å²) in [7, 11) is 0. The van der Waals surface area contributed by atoms with E-state index in [1.165, 1.54) is 6.42 Å². The molecule has 1 aliphatic rings. The van der Waals surface area contributed by atoms with Gasteiger partial charge in [0.25, 0.3) is 0 Å². The molecule has 0 saturated carbocycles. The molecule has 1 atom stereocenters. The van der Waals surface area contributed by atoms with Crippen LogP contribution in [0.25, 0.3) is 0 Å². The molecule has 1 aromatic rings. The highest BCUT2D eigenvalue weighted by atomic mass is 35.5. The molecule has 17 heavy (non-hydrogen) atoms. The molecule has 4 heteroatoms. The average molecular weight is 252 g/mol. The largest absolute Gasteiger partial charge is 0.491 e. The number of benzene rings is 1. The summed E-state index contributed by atoms with van der Waals surface area (Å²) in [5.41, 5.74) is 0.466. The van der Waals surface area contributed by atoms with Gasteiger partial charge < -0.3 is 9.47 Å². The van der Waals surface area contributed by atoms with Gasteiger partial charge in [-0.05, 0) is 31.4 Å². The quantitative estimate of drug-likeness (QED) is 0.829. The Kier molecular flexibility index (Phi) is 4.24. The Hall–Kier alpha value is -1.24. The van der Waals surface area contributed by atoms with Gasteiger partial charge >= 0.3 is 0 Å². The number of rotatable bonds is 3. The number of hydrogen-bond acceptors (Lipinski definition) is 3. The van der Waals surface area contributed by atoms with E-state index in [-0.39, 0.29) is 6.10 Å². The molecule has 1 aromatic carbocycles. The maximum absolute atomic E-state index is 8.75. The number of halogens is 1. The molecule has 1 heterocycles. The van der Waals surface area contributed by atoms with Gasteiger partial charge in [-0.15, -0.1) is 0 Å². The zero-order valence-electron chi connectivity index (χ0n) is 9.49. The van der Waals surface area contributed by atoms with Crippen molar-refractivity contribution in [3.63, 3.8) is 0 Å². The van der Waals surface area contributed by atoms with Crippen LogP contribution in [0.1, 0.15) is 24.8 Å². The molecule has 0 bridgehead atoms. The molecule has 1 fully saturated rings. The third-order valence-corrected chi connectivity index (χ3v) is 3.08. The van der Waals surface area contributed by atoms with Gasteiger partial charge in [-0.2, -0.15) is 5.26 Å². The van der Waals surface area contributed by atoms with E-state index in [1.807, 2.05) is 6.07 Å². The third-order valence-electron chi connectivity index (χ3n) is 2.77. The Morgan fingerprint density at radius 3 is 3.00 bits per heavy atom. The van der Waals surface area contributed by atoms with Crippen LogP contribution in [0.2, 0.25) is 5.02 Å². The Morgan fingerprint density at radius 2 is 2.35 bits per heavy atom. The van der Waals surface area contributed by atoms with Crippen LogP contribution >= 0.6 is 11.6 Å². The first-order valence-electron chi connectivity index (χ1n) is 5.73. The zero-order valence-corrected chi connectivity index (χ0v) is 10.2. The van der Waals surface area contributed by atoms with E-state index < -0.39 is 0 Å². The van der Waals surface area contributed by atoms with Crippen LogP contribution in [0.5, 0.6) is 5.75 Å². The van der Waals surface area contributed by atoms with Crippen molar-refractivity contribution < 1.29 is 9.47 Å². The molecule has 1 aliphatic heterocycles. The van der Waals surface area contributed by atoms with Crippen molar-refractivity contribution in [3.05, 3.63) is 28.8 Å². The van der Waals surface area contributed by atoms with Gasteiger partial charge in [0.15, 0.2) is 0 Å². The van der Waals surface area contributed by atoms with Crippen molar-refractivity contribution in [2.45, 2.75) is 25.4 Å². The number of hydrogen-bond donors (Lipinski definition) is 0. The first-order valence-corrected chi connectivity index (χ1v) is 6.11. The van der Waals surface area contributed by atoms with Crippen molar-refractivity contribution in [1.29, 1.82) is 5.26 Å². The fourth-order valence-electron chi connectivity index (χ4n) is 1.80. The van der Waals surface area contributed by atoms with Crippen LogP contribution in [0.3, 0.4) is 0 Å². The van der Waals surface area contributed by atoms with E-state index in [0.29, 0.717) is 22.9 Å². The van der Waals surface area contributed by atoms with E-state index in [0.717, 1.165) is 19.4 Å². The highest BCUT2D eigenvalue weighted by Gasteiger charge is 2.14. The summed E-state index contributed by atoms with van der Waals surface area (Å²) < 4.78 is 11.2. The predicted octanol–water partition coefficient (Wildman–Crippen LogP) is 3.16. The van der Waals surface area contributed by atoms with Crippen LogP contribution in [0.15, 0.2) is 18.2 Å². The lowest BCUT2D eigenvalue weighted by Gasteiger charge is -2.22. The summed E-state index contributed by atoms with van der Waals surface area (Å²) in [6.07, 6.45) is 3.56. The van der Waals surface area contributed by atoms with Crippen molar-refractivity contribution >= 4 is 11.6 Å². The van der Waals surface area contributed by atoms with Crippen LogP contribution in [-0.2, 0) is 4.74 Å². The number of nitrogens with zero attached hydrogens (tertiary/aromatic N) is 1. The summed E-state index contributed by atoms with van der Waals surface area (Å²) in [5, 5.41) is 9.17. The van der Waals surface area contributed by atoms with Gasteiger partial charge in [-0.3, -0.25) is 0 Å². The number of ether oxygens (including phenoxy) is 2. The lowest BCUT2D eigenvalue weighted by molar-refractivity contribution is -0.0110. The van der Waals surface area contributed by atoms with Crippen molar-refractivity contribution in [1.82, 2.24) is 0 Å². The summed E-state index contributed by atoms with van der Waals surface area (Å²) in [5.74, 6) is 0.683. The minimum Gasteiger partial charge on any atom is -0.491 e. The topological polar surface area (TPSA) is 42.2 Å². The second-order valence-corrected chi connectivity index (χ2v) is 4.46. The average Bonchev–Trinajstić information content (AvgIpc) is 2.38. The lowest BCUT2D eigenvalue weighted by Crippen LogP contribution is -2.25. The minimum atomic E-state index is 0.179. The molecule has 0 aliphatic carbocycles. The summed E-state index contributed by atoms with van der Waals surface area (Å²) in [4.78, 5) is 0. The van der Waals surface area contributed by atoms with Crippen molar-refractivity contribution in [3.8, 4) is 11.8 Å². The van der Waals surface area contributed by atoms with Crippen LogP contribution in [-0.4, -0.2) is 19.3 Å². The Balaban J connectivity index is 1.90. The first kappa shape index (κ1) is 12.2. The smallest absolute Gasteiger partial charge is 0.121 e. The summed E-state index contributed by atoms with van der Waals surface area (Å²) in [6.45, 7) is 1.37. The molecule has 0 amide bonds. The molecule has 0 aromatic heterocycles. The molecule has 2 rings (SSSR count). The van der Waals surface area contributed by atoms with E-state index in [1.54, 1.807) is 18.2 Å². The van der Waals surface area contributed by atoms with Crippen LogP contribution < -0.4 is 4.74 Å². The normalized spacial score (nSPS) is 19.6. The van der Waals surface area contributed by atoms with Crippen molar-refractivity contribution in [2.75, 3.05) is 13.2 Å². The van der Waals surface area contributed by atoms with Gasteiger partial charge in [-0.1, -0.05) is 11.6 Å². The predicted molar refractivity (Wildman–Crippen MR) is 65.3 cm³/mol. The molecular formula is C13H14ClNO2. The molecule has 0 N–H and O–H groups in total. The lowest BCUT2D eigenvalue weighted by atomic mass is 10.1. The molecule has 3 nitrogen and oxygen atoms in total. The second-order valence-electron chi connectivity index (χ2n) is 4.05. The van der Waals surface area contributed by atoms with E-state index >= 15 is 0 Å². The fraction of sp³-hybridized carbons (Fsp3) is 0.462. The maximum atomic E-state index is 8.75. The molecular weight excluding hydrogens is 238 g/mol. The monoisotopic (exact) mass is 251 g/mol. The summed E-state index contributed by atoms with van der Waals surface area (Å²) in [6, 6.07) is 7.11. The maximum Gasteiger partial charge on any atom is 0.121 e. The Labute approximate surface area is 106 Å². The molecule has 90 valence electrons. The third kappa shape index (κ3) is 3.36. The molecule has 0 spiro atoms. The Bertz CT molecular complexity index is 422. The zero-order chi connectivity index (χ0) is 12.1. The fourth-order valence-corrected chi connectivity index (χ4v) is 2.02. The first-order chi connectivity index (χ1) is 8.29. The standard InChI is InChI=1S/C13H14ClNO2/c14-13-7-11(5-4-10(13)8-15)17-9-12-3-1-2-6-16-12/h4-5,7,12H,1-3,6,9H2. The van der Waals surface area contributed by atoms with Gasteiger partial charge in [-0.25, -0.2) is 0 Å². The van der Waals surface area contributed by atoms with Gasteiger partial charge in [0.05, 0.1) is 16.7 Å². The summed E-state index contributed by atoms with van der Waals surface area (Å²) >= 11 is 5.92.